The molecule has 0 aromatic heterocycles. The Morgan fingerprint density at radius 3 is 2.72 bits per heavy atom. The van der Waals surface area contributed by atoms with Crippen LogP contribution in [0.3, 0.4) is 0 Å². The highest BCUT2D eigenvalue weighted by Crippen LogP contribution is 2.55. The molecule has 4 nitrogen and oxygen atoms in total. The first kappa shape index (κ1) is 20.9. The van der Waals surface area contributed by atoms with E-state index in [1.54, 1.807) is 0 Å². The second-order valence-electron chi connectivity index (χ2n) is 9.12. The maximum Gasteiger partial charge on any atom is 0.303 e. The van der Waals surface area contributed by atoms with E-state index in [0.29, 0.717) is 18.0 Å². The number of rotatable bonds is 5. The van der Waals surface area contributed by atoms with Gasteiger partial charge in [-0.25, -0.2) is 0 Å². The molecule has 2 aliphatic heterocycles. The molecule has 2 heterocycles. The number of nitrogens with zero attached hydrogens (tertiary/aromatic N) is 1. The van der Waals surface area contributed by atoms with Crippen molar-refractivity contribution in [3.8, 4) is 5.75 Å². The van der Waals surface area contributed by atoms with Gasteiger partial charge in [0.15, 0.2) is 0 Å². The number of unbranched alkanes of at least 4 members (excludes halogenated alkanes) is 1. The lowest BCUT2D eigenvalue weighted by Gasteiger charge is -2.47. The van der Waals surface area contributed by atoms with Gasteiger partial charge in [0, 0.05) is 29.2 Å². The molecule has 1 spiro atoms. The Hall–Kier alpha value is -2.98. The molecular weight excluding hydrogens is 422 g/mol. The SMILES string of the molecule is CC1(C)c2cc(Cl)ccc2N(CCCCC(=O)O)C12C=Cc1c(ccc3ccccc13)O2. The molecule has 1 N–H and O–H groups in total. The number of fused-ring (bicyclic) bond motifs is 4. The highest BCUT2D eigenvalue weighted by molar-refractivity contribution is 6.30. The van der Waals surface area contributed by atoms with Crippen molar-refractivity contribution in [2.24, 2.45) is 0 Å². The minimum atomic E-state index is -0.761. The van der Waals surface area contributed by atoms with E-state index in [1.807, 2.05) is 24.3 Å². The number of hydrogen-bond acceptors (Lipinski definition) is 3. The number of halogens is 1. The lowest BCUT2D eigenvalue weighted by Crippen LogP contribution is -2.59. The van der Waals surface area contributed by atoms with Crippen molar-refractivity contribution in [1.82, 2.24) is 0 Å². The van der Waals surface area contributed by atoms with Gasteiger partial charge in [-0.1, -0.05) is 41.9 Å². The molecular formula is C27H26ClNO3. The molecule has 5 heteroatoms. The third-order valence-corrected chi connectivity index (χ3v) is 7.15. The summed E-state index contributed by atoms with van der Waals surface area (Å²) in [6.07, 6.45) is 5.90. The van der Waals surface area contributed by atoms with Crippen LogP contribution in [0.1, 0.15) is 44.2 Å². The third-order valence-electron chi connectivity index (χ3n) is 6.91. The molecule has 0 saturated carbocycles. The number of anilines is 1. The van der Waals surface area contributed by atoms with Gasteiger partial charge in [0.2, 0.25) is 5.72 Å². The van der Waals surface area contributed by atoms with E-state index < -0.39 is 11.7 Å². The van der Waals surface area contributed by atoms with Crippen molar-refractivity contribution >= 4 is 40.1 Å². The van der Waals surface area contributed by atoms with Gasteiger partial charge < -0.3 is 14.7 Å². The number of benzene rings is 3. The molecule has 0 bridgehead atoms. The molecule has 5 rings (SSSR count). The average molecular weight is 448 g/mol. The highest BCUT2D eigenvalue weighted by Gasteiger charge is 2.58. The van der Waals surface area contributed by atoms with Crippen molar-refractivity contribution in [3.63, 3.8) is 0 Å². The van der Waals surface area contributed by atoms with Crippen LogP contribution in [0.25, 0.3) is 16.8 Å². The highest BCUT2D eigenvalue weighted by atomic mass is 35.5. The van der Waals surface area contributed by atoms with Crippen molar-refractivity contribution in [1.29, 1.82) is 0 Å². The number of hydrogen-bond donors (Lipinski definition) is 1. The third kappa shape index (κ3) is 3.08. The fourth-order valence-electron chi connectivity index (χ4n) is 5.20. The molecule has 3 aromatic rings. The molecule has 32 heavy (non-hydrogen) atoms. The second kappa shape index (κ2) is 7.56. The molecule has 0 amide bonds. The molecule has 0 saturated heterocycles. The minimum absolute atomic E-state index is 0.170. The van der Waals surface area contributed by atoms with Crippen LogP contribution >= 0.6 is 11.6 Å². The molecule has 164 valence electrons. The van der Waals surface area contributed by atoms with E-state index in [9.17, 15) is 4.79 Å². The van der Waals surface area contributed by atoms with Crippen molar-refractivity contribution in [3.05, 3.63) is 76.8 Å². The smallest absolute Gasteiger partial charge is 0.303 e. The molecule has 1 atom stereocenters. The quantitative estimate of drug-likeness (QED) is 0.445. The lowest BCUT2D eigenvalue weighted by atomic mass is 9.76. The number of carboxylic acid groups (broad SMARTS) is 1. The fourth-order valence-corrected chi connectivity index (χ4v) is 5.37. The first-order chi connectivity index (χ1) is 15.3. The van der Waals surface area contributed by atoms with Crippen molar-refractivity contribution in [2.75, 3.05) is 11.4 Å². The summed E-state index contributed by atoms with van der Waals surface area (Å²) in [5, 5.41) is 12.1. The van der Waals surface area contributed by atoms with Crippen LogP contribution in [0.5, 0.6) is 5.75 Å². The number of carbonyl (C=O) groups is 1. The Bertz CT molecular complexity index is 1250. The standard InChI is InChI=1S/C27H26ClNO3/c1-26(2)22-17-19(28)11-12-23(22)29(16-6-5-9-25(30)31)27(26)15-14-21-20-8-4-3-7-18(20)10-13-24(21)32-27/h3-4,7-8,10-15,17H,5-6,9,16H2,1-2H3,(H,30,31). The minimum Gasteiger partial charge on any atom is -0.481 e. The summed E-state index contributed by atoms with van der Waals surface area (Å²) in [7, 11) is 0. The average Bonchev–Trinajstić information content (AvgIpc) is 2.94. The summed E-state index contributed by atoms with van der Waals surface area (Å²) < 4.78 is 6.90. The normalized spacial score (nSPS) is 20.3. The van der Waals surface area contributed by atoms with Gasteiger partial charge in [-0.15, -0.1) is 0 Å². The van der Waals surface area contributed by atoms with E-state index in [0.717, 1.165) is 29.0 Å². The summed E-state index contributed by atoms with van der Waals surface area (Å²) in [6, 6.07) is 18.5. The zero-order chi connectivity index (χ0) is 22.5. The molecule has 0 fully saturated rings. The summed E-state index contributed by atoms with van der Waals surface area (Å²) in [5.74, 6) is 0.0944. The Morgan fingerprint density at radius 1 is 1.09 bits per heavy atom. The molecule has 1 unspecified atom stereocenters. The zero-order valence-electron chi connectivity index (χ0n) is 18.3. The summed E-state index contributed by atoms with van der Waals surface area (Å²) in [4.78, 5) is 13.3. The monoisotopic (exact) mass is 447 g/mol. The Kier molecular flexibility index (Phi) is 4.94. The predicted molar refractivity (Wildman–Crippen MR) is 130 cm³/mol. The van der Waals surface area contributed by atoms with Crippen LogP contribution in [0, 0.1) is 0 Å². The van der Waals surface area contributed by atoms with E-state index in [2.05, 4.69) is 61.2 Å². The van der Waals surface area contributed by atoms with E-state index in [1.165, 1.54) is 10.8 Å². The molecule has 2 aliphatic rings. The Labute approximate surface area is 193 Å². The lowest BCUT2D eigenvalue weighted by molar-refractivity contribution is -0.137. The molecule has 3 aromatic carbocycles. The maximum atomic E-state index is 11.0. The maximum absolute atomic E-state index is 11.0. The summed E-state index contributed by atoms with van der Waals surface area (Å²) in [6.45, 7) is 5.07. The van der Waals surface area contributed by atoms with Crippen LogP contribution in [0.4, 0.5) is 5.69 Å². The summed E-state index contributed by atoms with van der Waals surface area (Å²) in [5.41, 5.74) is 2.21. The second-order valence-corrected chi connectivity index (χ2v) is 9.56. The van der Waals surface area contributed by atoms with E-state index in [4.69, 9.17) is 21.4 Å². The van der Waals surface area contributed by atoms with E-state index >= 15 is 0 Å². The Balaban J connectivity index is 1.60. The topological polar surface area (TPSA) is 49.8 Å². The van der Waals surface area contributed by atoms with Gasteiger partial charge in [-0.2, -0.15) is 0 Å². The Morgan fingerprint density at radius 2 is 1.91 bits per heavy atom. The van der Waals surface area contributed by atoms with Gasteiger partial charge in [0.1, 0.15) is 5.75 Å². The van der Waals surface area contributed by atoms with Crippen molar-refractivity contribution < 1.29 is 14.6 Å². The largest absolute Gasteiger partial charge is 0.481 e. The van der Waals surface area contributed by atoms with Gasteiger partial charge >= 0.3 is 5.97 Å². The van der Waals surface area contributed by atoms with Gasteiger partial charge in [0.05, 0.1) is 5.41 Å². The predicted octanol–water partition coefficient (Wildman–Crippen LogP) is 6.65. The summed E-state index contributed by atoms with van der Waals surface area (Å²) >= 11 is 6.39. The zero-order valence-corrected chi connectivity index (χ0v) is 19.0. The first-order valence-electron chi connectivity index (χ1n) is 11.0. The number of aliphatic carboxylic acids is 1. The van der Waals surface area contributed by atoms with E-state index in [-0.39, 0.29) is 11.8 Å². The number of carboxylic acids is 1. The molecule has 0 aliphatic carbocycles. The van der Waals surface area contributed by atoms with Gasteiger partial charge in [0.25, 0.3) is 0 Å². The van der Waals surface area contributed by atoms with Crippen molar-refractivity contribution in [2.45, 2.75) is 44.2 Å². The van der Waals surface area contributed by atoms with Crippen LogP contribution < -0.4 is 9.64 Å². The van der Waals surface area contributed by atoms with Gasteiger partial charge in [-0.05, 0) is 79.4 Å². The van der Waals surface area contributed by atoms with Crippen LogP contribution in [-0.2, 0) is 10.2 Å². The van der Waals surface area contributed by atoms with Crippen LogP contribution in [0.15, 0.2) is 60.7 Å². The number of ether oxygens (including phenoxy) is 1. The first-order valence-corrected chi connectivity index (χ1v) is 11.4. The van der Waals surface area contributed by atoms with Gasteiger partial charge in [-0.3, -0.25) is 4.79 Å². The molecule has 0 radical (unpaired) electrons. The van der Waals surface area contributed by atoms with Crippen LogP contribution in [0.2, 0.25) is 5.02 Å². The fraction of sp³-hybridized carbons (Fsp3) is 0.296. The van der Waals surface area contributed by atoms with Crippen LogP contribution in [-0.4, -0.2) is 23.3 Å².